The number of rotatable bonds is 3. The molecule has 4 N–H and O–H groups in total. The zero-order valence-electron chi connectivity index (χ0n) is 15.6. The maximum atomic E-state index is 10.1. The molecule has 0 aromatic carbocycles. The van der Waals surface area contributed by atoms with E-state index in [4.69, 9.17) is 22.3 Å². The molecular weight excluding hydrogens is 362 g/mol. The van der Waals surface area contributed by atoms with E-state index in [1.165, 1.54) is 18.4 Å². The molecule has 3 aliphatic carbocycles. The van der Waals surface area contributed by atoms with Gasteiger partial charge in [0.25, 0.3) is 0 Å². The largest absolute Gasteiger partial charge is 0.396 e. The molecule has 1 unspecified atom stereocenters. The number of fused-ring (bicyclic) bond motifs is 3. The van der Waals surface area contributed by atoms with Crippen molar-refractivity contribution in [2.75, 3.05) is 11.9 Å². The lowest BCUT2D eigenvalue weighted by Gasteiger charge is -2.30. The van der Waals surface area contributed by atoms with Crippen LogP contribution in [-0.2, 0) is 11.8 Å². The summed E-state index contributed by atoms with van der Waals surface area (Å²) in [6.45, 7) is 0.212. The molecule has 2 saturated carbocycles. The molecule has 27 heavy (non-hydrogen) atoms. The van der Waals surface area contributed by atoms with E-state index < -0.39 is 0 Å². The normalized spacial score (nSPS) is 29.5. The molecule has 2 fully saturated rings. The van der Waals surface area contributed by atoms with Crippen molar-refractivity contribution < 1.29 is 5.11 Å². The Morgan fingerprint density at radius 2 is 2.00 bits per heavy atom. The van der Waals surface area contributed by atoms with E-state index in [-0.39, 0.29) is 17.9 Å². The molecule has 0 radical (unpaired) electrons. The third kappa shape index (κ3) is 2.68. The second-order valence-corrected chi connectivity index (χ2v) is 9.13. The zero-order valence-corrected chi connectivity index (χ0v) is 16.4. The van der Waals surface area contributed by atoms with E-state index in [0.717, 1.165) is 62.1 Å². The second kappa shape index (κ2) is 6.61. The van der Waals surface area contributed by atoms with Crippen molar-refractivity contribution in [1.82, 2.24) is 14.6 Å². The lowest BCUT2D eigenvalue weighted by atomic mass is 9.76. The average Bonchev–Trinajstić information content (AvgIpc) is 3.37. The minimum absolute atomic E-state index is 0.00474. The Hall–Kier alpha value is -1.37. The lowest BCUT2D eigenvalue weighted by Crippen LogP contribution is -2.33. The first kappa shape index (κ1) is 17.7. The first-order valence-corrected chi connectivity index (χ1v) is 10.7. The maximum absolute atomic E-state index is 10.1. The van der Waals surface area contributed by atoms with Gasteiger partial charge in [-0.1, -0.05) is 24.4 Å². The molecule has 3 aliphatic rings. The van der Waals surface area contributed by atoms with Crippen LogP contribution in [0.2, 0.25) is 5.02 Å². The van der Waals surface area contributed by atoms with Gasteiger partial charge in [-0.05, 0) is 50.9 Å². The minimum Gasteiger partial charge on any atom is -0.396 e. The molecule has 0 aliphatic heterocycles. The standard InChI is InChI=1S/C20H28ClN5O/c21-16-10-23-26-18(24-14-5-3-13(22)4-6-14)15-9-12(11-27)20(7-1-2-8-20)17(15)25-19(16)26/h10,12-14,24,27H,1-9,11,22H2. The average molecular weight is 390 g/mol. The zero-order chi connectivity index (χ0) is 18.6. The van der Waals surface area contributed by atoms with Gasteiger partial charge in [-0.3, -0.25) is 0 Å². The van der Waals surface area contributed by atoms with Gasteiger partial charge in [0.1, 0.15) is 10.8 Å². The predicted octanol–water partition coefficient (Wildman–Crippen LogP) is 3.04. The first-order valence-electron chi connectivity index (χ1n) is 10.3. The van der Waals surface area contributed by atoms with E-state index in [1.807, 2.05) is 4.52 Å². The highest BCUT2D eigenvalue weighted by Crippen LogP contribution is 2.54. The summed E-state index contributed by atoms with van der Waals surface area (Å²) in [6, 6.07) is 0.723. The quantitative estimate of drug-likeness (QED) is 0.750. The third-order valence-corrected chi connectivity index (χ3v) is 7.50. The number of halogens is 1. The van der Waals surface area contributed by atoms with Gasteiger partial charge in [0, 0.05) is 29.7 Å². The predicted molar refractivity (Wildman–Crippen MR) is 106 cm³/mol. The monoisotopic (exact) mass is 389 g/mol. The van der Waals surface area contributed by atoms with Crippen molar-refractivity contribution in [3.63, 3.8) is 0 Å². The fourth-order valence-electron chi connectivity index (χ4n) is 5.74. The van der Waals surface area contributed by atoms with Crippen molar-refractivity contribution in [2.45, 2.75) is 75.3 Å². The molecule has 146 valence electrons. The summed E-state index contributed by atoms with van der Waals surface area (Å²) >= 11 is 6.43. The summed E-state index contributed by atoms with van der Waals surface area (Å²) in [5.41, 5.74) is 9.22. The molecule has 2 aromatic rings. The van der Waals surface area contributed by atoms with Gasteiger partial charge < -0.3 is 16.2 Å². The Labute approximate surface area is 164 Å². The summed E-state index contributed by atoms with van der Waals surface area (Å²) in [7, 11) is 0. The number of nitrogens with one attached hydrogen (secondary N) is 1. The van der Waals surface area contributed by atoms with Crippen molar-refractivity contribution in [1.29, 1.82) is 0 Å². The maximum Gasteiger partial charge on any atom is 0.176 e. The second-order valence-electron chi connectivity index (χ2n) is 8.72. The van der Waals surface area contributed by atoms with Gasteiger partial charge in [-0.25, -0.2) is 4.98 Å². The van der Waals surface area contributed by atoms with E-state index in [2.05, 4.69) is 10.4 Å². The summed E-state index contributed by atoms with van der Waals surface area (Å²) < 4.78 is 1.87. The van der Waals surface area contributed by atoms with Crippen molar-refractivity contribution in [3.8, 4) is 0 Å². The van der Waals surface area contributed by atoms with Crippen molar-refractivity contribution in [2.24, 2.45) is 11.7 Å². The number of aliphatic hydroxyl groups excluding tert-OH is 1. The van der Waals surface area contributed by atoms with Crippen LogP contribution < -0.4 is 11.1 Å². The van der Waals surface area contributed by atoms with Crippen molar-refractivity contribution in [3.05, 3.63) is 22.5 Å². The number of hydrogen-bond acceptors (Lipinski definition) is 5. The fourth-order valence-corrected chi connectivity index (χ4v) is 5.90. The molecule has 1 spiro atoms. The Balaban J connectivity index is 1.62. The van der Waals surface area contributed by atoms with Crippen LogP contribution in [0.1, 0.15) is 62.6 Å². The summed E-state index contributed by atoms with van der Waals surface area (Å²) in [6.07, 6.45) is 11.4. The molecule has 0 amide bonds. The molecule has 5 rings (SSSR count). The van der Waals surface area contributed by atoms with E-state index >= 15 is 0 Å². The first-order chi connectivity index (χ1) is 13.1. The Morgan fingerprint density at radius 3 is 2.70 bits per heavy atom. The highest BCUT2D eigenvalue weighted by Gasteiger charge is 2.50. The topological polar surface area (TPSA) is 88.5 Å². The third-order valence-electron chi connectivity index (χ3n) is 7.23. The molecule has 0 saturated heterocycles. The fraction of sp³-hybridized carbons (Fsp3) is 0.700. The van der Waals surface area contributed by atoms with Crippen LogP contribution in [-0.4, -0.2) is 38.4 Å². The van der Waals surface area contributed by atoms with Crippen LogP contribution in [0.5, 0.6) is 0 Å². The highest BCUT2D eigenvalue weighted by molar-refractivity contribution is 6.33. The SMILES string of the molecule is NC1CCC(Nc2c3c(nc4c(Cl)cnn24)C2(CCCC2)C(CO)C3)CC1. The van der Waals surface area contributed by atoms with Crippen LogP contribution in [0.15, 0.2) is 6.20 Å². The van der Waals surface area contributed by atoms with E-state index in [9.17, 15) is 5.11 Å². The van der Waals surface area contributed by atoms with Crippen LogP contribution in [0.25, 0.3) is 5.65 Å². The summed E-state index contributed by atoms with van der Waals surface area (Å²) in [5.74, 6) is 1.28. The Kier molecular flexibility index (Phi) is 4.33. The van der Waals surface area contributed by atoms with Crippen LogP contribution in [0.4, 0.5) is 5.82 Å². The Morgan fingerprint density at radius 1 is 1.26 bits per heavy atom. The van der Waals surface area contributed by atoms with Gasteiger partial charge >= 0.3 is 0 Å². The number of hydrogen-bond donors (Lipinski definition) is 3. The van der Waals surface area contributed by atoms with Gasteiger partial charge in [0.15, 0.2) is 5.65 Å². The smallest absolute Gasteiger partial charge is 0.176 e. The minimum atomic E-state index is 0.00474. The van der Waals surface area contributed by atoms with Gasteiger partial charge in [0.05, 0.1) is 11.9 Å². The van der Waals surface area contributed by atoms with Crippen molar-refractivity contribution >= 4 is 23.1 Å². The van der Waals surface area contributed by atoms with E-state index in [0.29, 0.717) is 17.1 Å². The van der Waals surface area contributed by atoms with Gasteiger partial charge in [0.2, 0.25) is 0 Å². The Bertz CT molecular complexity index is 852. The highest BCUT2D eigenvalue weighted by atomic mass is 35.5. The lowest BCUT2D eigenvalue weighted by molar-refractivity contribution is 0.162. The molecule has 7 heteroatoms. The molecule has 0 bridgehead atoms. The van der Waals surface area contributed by atoms with E-state index in [1.54, 1.807) is 6.20 Å². The van der Waals surface area contributed by atoms with Gasteiger partial charge in [-0.15, -0.1) is 0 Å². The molecule has 6 nitrogen and oxygen atoms in total. The van der Waals surface area contributed by atoms with Crippen LogP contribution in [0, 0.1) is 5.92 Å². The molecule has 1 atom stereocenters. The number of aliphatic hydroxyl groups is 1. The number of anilines is 1. The van der Waals surface area contributed by atoms with Crippen LogP contribution in [0.3, 0.4) is 0 Å². The number of nitrogens with two attached hydrogens (primary N) is 1. The number of aromatic nitrogens is 3. The summed E-state index contributed by atoms with van der Waals surface area (Å²) in [5, 5.41) is 19.0. The van der Waals surface area contributed by atoms with Crippen LogP contribution >= 0.6 is 11.6 Å². The van der Waals surface area contributed by atoms with Gasteiger partial charge in [-0.2, -0.15) is 9.61 Å². The number of nitrogens with zero attached hydrogens (tertiary/aromatic N) is 3. The molecule has 2 aromatic heterocycles. The molecule has 2 heterocycles. The molecular formula is C20H28ClN5O. The summed E-state index contributed by atoms with van der Waals surface area (Å²) in [4.78, 5) is 5.01.